The number of aryl methyl sites for hydroxylation is 1. The highest BCUT2D eigenvalue weighted by atomic mass is 16.2. The van der Waals surface area contributed by atoms with E-state index < -0.39 is 5.92 Å². The Morgan fingerprint density at radius 1 is 1.14 bits per heavy atom. The van der Waals surface area contributed by atoms with Gasteiger partial charge in [-0.2, -0.15) is 0 Å². The van der Waals surface area contributed by atoms with Gasteiger partial charge in [0.1, 0.15) is 5.69 Å². The second-order valence-corrected chi connectivity index (χ2v) is 10.7. The third-order valence-corrected chi connectivity index (χ3v) is 8.42. The maximum absolute atomic E-state index is 13.8. The number of amides is 2. The van der Waals surface area contributed by atoms with Crippen LogP contribution in [0.5, 0.6) is 0 Å². The fourth-order valence-corrected chi connectivity index (χ4v) is 6.71. The Morgan fingerprint density at radius 3 is 2.70 bits per heavy atom. The summed E-state index contributed by atoms with van der Waals surface area (Å²) in [6, 6.07) is 12.3. The lowest BCUT2D eigenvalue weighted by atomic mass is 9.33. The minimum atomic E-state index is -0.534. The van der Waals surface area contributed by atoms with Gasteiger partial charge in [-0.25, -0.2) is 14.6 Å². The fourth-order valence-electron chi connectivity index (χ4n) is 6.71. The average Bonchev–Trinajstić information content (AvgIpc) is 3.49. The van der Waals surface area contributed by atoms with Gasteiger partial charge in [0, 0.05) is 31.7 Å². The molecule has 1 aliphatic heterocycles. The minimum absolute atomic E-state index is 0.142. The first-order valence-electron chi connectivity index (χ1n) is 12.8. The molecule has 10 heteroatoms. The summed E-state index contributed by atoms with van der Waals surface area (Å²) in [5.41, 5.74) is 3.40. The standard InChI is InChI=1S/C27H28N8O2/c1-2-35-22-20(23(36)29-11-19-12-33-10-6-9-28-25(33)30-19)13-34(14-21(22)31-32-35)24(37)27-15-26(16-27,17-27)18-7-4-3-5-8-18/h3-10,12,20H,2,11,13-17H2,1H3,(H,29,36). The first-order chi connectivity index (χ1) is 18.0. The second kappa shape index (κ2) is 7.96. The molecule has 3 fully saturated rings. The van der Waals surface area contributed by atoms with E-state index in [1.165, 1.54) is 5.56 Å². The van der Waals surface area contributed by atoms with Crippen LogP contribution in [0.15, 0.2) is 55.0 Å². The topological polar surface area (TPSA) is 110 Å². The molecule has 3 saturated carbocycles. The van der Waals surface area contributed by atoms with Gasteiger partial charge in [0.05, 0.1) is 35.8 Å². The van der Waals surface area contributed by atoms with Gasteiger partial charge in [-0.1, -0.05) is 35.5 Å². The van der Waals surface area contributed by atoms with Gasteiger partial charge in [-0.3, -0.25) is 14.0 Å². The number of nitrogens with zero attached hydrogens (tertiary/aromatic N) is 7. The largest absolute Gasteiger partial charge is 0.350 e. The maximum atomic E-state index is 13.8. The third-order valence-electron chi connectivity index (χ3n) is 8.42. The molecule has 0 radical (unpaired) electrons. The Balaban J connectivity index is 1.09. The Hall–Kier alpha value is -4.08. The number of carbonyl (C=O) groups excluding carboxylic acids is 2. The van der Waals surface area contributed by atoms with Crippen molar-refractivity contribution in [3.05, 3.63) is 77.6 Å². The van der Waals surface area contributed by atoms with Crippen LogP contribution in [0, 0.1) is 5.41 Å². The molecule has 10 nitrogen and oxygen atoms in total. The number of carbonyl (C=O) groups is 2. The van der Waals surface area contributed by atoms with Gasteiger partial charge >= 0.3 is 0 Å². The SMILES string of the molecule is CCn1nnc2c1C(C(=O)NCc1cn3cccnc3n1)CN(C(=O)C13CC(c4ccccc4)(C1)C3)C2. The Bertz CT molecular complexity index is 1470. The van der Waals surface area contributed by atoms with Gasteiger partial charge in [-0.15, -0.1) is 5.10 Å². The summed E-state index contributed by atoms with van der Waals surface area (Å²) >= 11 is 0. The summed E-state index contributed by atoms with van der Waals surface area (Å²) < 4.78 is 3.60. The number of fused-ring (bicyclic) bond motifs is 2. The van der Waals surface area contributed by atoms with Gasteiger partial charge in [0.15, 0.2) is 0 Å². The Labute approximate surface area is 213 Å². The number of imidazole rings is 1. The summed E-state index contributed by atoms with van der Waals surface area (Å²) in [5.74, 6) is 0.0437. The molecule has 2 amide bonds. The zero-order valence-corrected chi connectivity index (χ0v) is 20.7. The van der Waals surface area contributed by atoms with Gasteiger partial charge in [0.25, 0.3) is 0 Å². The summed E-state index contributed by atoms with van der Waals surface area (Å²) in [4.78, 5) is 37.8. The zero-order valence-electron chi connectivity index (χ0n) is 20.7. The van der Waals surface area contributed by atoms with E-state index in [2.05, 4.69) is 49.9 Å². The van der Waals surface area contributed by atoms with Gasteiger partial charge in [-0.05, 0) is 43.2 Å². The smallest absolute Gasteiger partial charge is 0.233 e. The van der Waals surface area contributed by atoms with Crippen LogP contribution < -0.4 is 5.32 Å². The van der Waals surface area contributed by atoms with Crippen molar-refractivity contribution in [2.75, 3.05) is 6.54 Å². The number of nitrogens with one attached hydrogen (secondary N) is 1. The van der Waals surface area contributed by atoms with Crippen molar-refractivity contribution in [3.63, 3.8) is 0 Å². The van der Waals surface area contributed by atoms with Crippen LogP contribution in [0.2, 0.25) is 0 Å². The van der Waals surface area contributed by atoms with E-state index in [-0.39, 0.29) is 29.2 Å². The highest BCUT2D eigenvalue weighted by molar-refractivity contribution is 5.90. The predicted molar refractivity (Wildman–Crippen MR) is 133 cm³/mol. The molecule has 188 valence electrons. The van der Waals surface area contributed by atoms with Crippen LogP contribution in [-0.4, -0.2) is 52.6 Å². The van der Waals surface area contributed by atoms with Crippen molar-refractivity contribution in [2.24, 2.45) is 5.41 Å². The normalized spacial score (nSPS) is 25.8. The molecule has 1 atom stereocenters. The highest BCUT2D eigenvalue weighted by Gasteiger charge is 2.72. The van der Waals surface area contributed by atoms with Crippen LogP contribution in [0.1, 0.15) is 54.7 Å². The molecule has 4 heterocycles. The zero-order chi connectivity index (χ0) is 25.2. The van der Waals surface area contributed by atoms with Crippen LogP contribution in [0.4, 0.5) is 0 Å². The molecule has 3 aromatic heterocycles. The van der Waals surface area contributed by atoms with E-state index in [4.69, 9.17) is 0 Å². The molecule has 8 rings (SSSR count). The first kappa shape index (κ1) is 22.1. The van der Waals surface area contributed by atoms with E-state index >= 15 is 0 Å². The van der Waals surface area contributed by atoms with Crippen molar-refractivity contribution in [3.8, 4) is 0 Å². The highest BCUT2D eigenvalue weighted by Crippen LogP contribution is 2.74. The van der Waals surface area contributed by atoms with E-state index in [0.717, 1.165) is 30.7 Å². The molecule has 1 unspecified atom stereocenters. The van der Waals surface area contributed by atoms with Crippen LogP contribution in [0.25, 0.3) is 5.78 Å². The number of aromatic nitrogens is 6. The van der Waals surface area contributed by atoms with Crippen molar-refractivity contribution in [1.29, 1.82) is 0 Å². The fraction of sp³-hybridized carbons (Fsp3) is 0.407. The summed E-state index contributed by atoms with van der Waals surface area (Å²) in [5, 5.41) is 11.7. The summed E-state index contributed by atoms with van der Waals surface area (Å²) in [7, 11) is 0. The van der Waals surface area contributed by atoms with Gasteiger partial charge < -0.3 is 10.2 Å². The molecule has 37 heavy (non-hydrogen) atoms. The molecule has 3 aliphatic carbocycles. The van der Waals surface area contributed by atoms with Crippen LogP contribution in [-0.2, 0) is 34.6 Å². The van der Waals surface area contributed by atoms with E-state index in [1.807, 2.05) is 40.8 Å². The van der Waals surface area contributed by atoms with Crippen LogP contribution >= 0.6 is 0 Å². The molecular weight excluding hydrogens is 468 g/mol. The van der Waals surface area contributed by atoms with Gasteiger partial charge in [0.2, 0.25) is 17.6 Å². The molecule has 0 saturated heterocycles. The van der Waals surface area contributed by atoms with E-state index in [9.17, 15) is 9.59 Å². The van der Waals surface area contributed by atoms with Crippen molar-refractivity contribution >= 4 is 17.6 Å². The molecule has 1 aromatic carbocycles. The quantitative estimate of drug-likeness (QED) is 0.438. The van der Waals surface area contributed by atoms with Crippen molar-refractivity contribution < 1.29 is 9.59 Å². The summed E-state index contributed by atoms with van der Waals surface area (Å²) in [6.07, 6.45) is 8.06. The number of hydrogen-bond acceptors (Lipinski definition) is 6. The molecular formula is C27H28N8O2. The predicted octanol–water partition coefficient (Wildman–Crippen LogP) is 2.20. The molecule has 1 N–H and O–H groups in total. The maximum Gasteiger partial charge on any atom is 0.233 e. The second-order valence-electron chi connectivity index (χ2n) is 10.7. The third kappa shape index (κ3) is 3.31. The van der Waals surface area contributed by atoms with Crippen molar-refractivity contribution in [2.45, 2.75) is 57.2 Å². The lowest BCUT2D eigenvalue weighted by Gasteiger charge is -2.70. The number of benzene rings is 1. The molecule has 4 aliphatic rings. The Kier molecular flexibility index (Phi) is 4.76. The molecule has 4 aromatic rings. The number of rotatable bonds is 6. The lowest BCUT2D eigenvalue weighted by Crippen LogP contribution is -2.70. The van der Waals surface area contributed by atoms with E-state index in [1.54, 1.807) is 10.9 Å². The van der Waals surface area contributed by atoms with Crippen LogP contribution in [0.3, 0.4) is 0 Å². The lowest BCUT2D eigenvalue weighted by molar-refractivity contribution is -0.188. The Morgan fingerprint density at radius 2 is 1.95 bits per heavy atom. The average molecular weight is 497 g/mol. The molecule has 0 spiro atoms. The van der Waals surface area contributed by atoms with E-state index in [0.29, 0.717) is 31.1 Å². The molecule has 2 bridgehead atoms. The monoisotopic (exact) mass is 496 g/mol. The number of hydrogen-bond donors (Lipinski definition) is 1. The summed E-state index contributed by atoms with van der Waals surface area (Å²) in [6.45, 7) is 3.60. The van der Waals surface area contributed by atoms with Crippen molar-refractivity contribution in [1.82, 2.24) is 39.6 Å². The minimum Gasteiger partial charge on any atom is -0.350 e. The first-order valence-corrected chi connectivity index (χ1v) is 12.8.